The first-order valence-electron chi connectivity index (χ1n) is 5.53. The zero-order chi connectivity index (χ0) is 11.6. The predicted molar refractivity (Wildman–Crippen MR) is 60.2 cm³/mol. The summed E-state index contributed by atoms with van der Waals surface area (Å²) in [4.78, 5) is 15.1. The summed E-state index contributed by atoms with van der Waals surface area (Å²) in [5, 5.41) is 9.01. The minimum Gasteiger partial charge on any atom is -0.481 e. The van der Waals surface area contributed by atoms with Gasteiger partial charge in [0.1, 0.15) is 0 Å². The summed E-state index contributed by atoms with van der Waals surface area (Å²) in [5.74, 6) is -0.790. The summed E-state index contributed by atoms with van der Waals surface area (Å²) in [5.41, 5.74) is 7.64. The van der Waals surface area contributed by atoms with E-state index in [1.807, 2.05) is 6.07 Å². The van der Waals surface area contributed by atoms with Gasteiger partial charge in [-0.25, -0.2) is 0 Å². The molecule has 0 saturated carbocycles. The van der Waals surface area contributed by atoms with Gasteiger partial charge in [0.2, 0.25) is 0 Å². The first-order chi connectivity index (χ1) is 7.68. The van der Waals surface area contributed by atoms with Crippen molar-refractivity contribution in [3.8, 4) is 0 Å². The number of aryl methyl sites for hydroxylation is 1. The summed E-state index contributed by atoms with van der Waals surface area (Å²) in [7, 11) is 0. The first-order valence-corrected chi connectivity index (χ1v) is 5.53. The van der Waals surface area contributed by atoms with E-state index in [1.165, 1.54) is 5.56 Å². The zero-order valence-corrected chi connectivity index (χ0v) is 9.15. The van der Waals surface area contributed by atoms with Crippen molar-refractivity contribution in [1.82, 2.24) is 4.98 Å². The minimum absolute atomic E-state index is 0.0994. The second-order valence-electron chi connectivity index (χ2n) is 4.44. The predicted octanol–water partition coefficient (Wildman–Crippen LogP) is 1.09. The Kier molecular flexibility index (Phi) is 2.92. The third kappa shape index (κ3) is 1.80. The molecular weight excluding hydrogens is 204 g/mol. The van der Waals surface area contributed by atoms with E-state index in [0.717, 1.165) is 24.8 Å². The van der Waals surface area contributed by atoms with Crippen LogP contribution >= 0.6 is 0 Å². The van der Waals surface area contributed by atoms with E-state index in [0.29, 0.717) is 6.54 Å². The van der Waals surface area contributed by atoms with Crippen molar-refractivity contribution >= 4 is 5.97 Å². The highest BCUT2D eigenvalue weighted by Crippen LogP contribution is 2.38. The van der Waals surface area contributed by atoms with Crippen LogP contribution in [0.1, 0.15) is 30.4 Å². The quantitative estimate of drug-likeness (QED) is 0.799. The number of fused-ring (bicyclic) bond motifs is 1. The lowest BCUT2D eigenvalue weighted by Crippen LogP contribution is -2.40. The van der Waals surface area contributed by atoms with E-state index in [4.69, 9.17) is 10.8 Å². The van der Waals surface area contributed by atoms with Crippen LogP contribution in [-0.2, 0) is 16.6 Å². The number of rotatable bonds is 3. The van der Waals surface area contributed by atoms with Gasteiger partial charge in [-0.05, 0) is 36.5 Å². The number of carboxylic acids is 1. The highest BCUT2D eigenvalue weighted by atomic mass is 16.4. The van der Waals surface area contributed by atoms with Crippen LogP contribution in [0.5, 0.6) is 0 Å². The van der Waals surface area contributed by atoms with Crippen LogP contribution in [0.2, 0.25) is 0 Å². The highest BCUT2D eigenvalue weighted by molar-refractivity contribution is 5.69. The van der Waals surface area contributed by atoms with Crippen LogP contribution < -0.4 is 5.73 Å². The van der Waals surface area contributed by atoms with Crippen LogP contribution in [-0.4, -0.2) is 22.6 Å². The van der Waals surface area contributed by atoms with Crippen molar-refractivity contribution < 1.29 is 9.90 Å². The van der Waals surface area contributed by atoms with Gasteiger partial charge in [-0.3, -0.25) is 9.78 Å². The lowest BCUT2D eigenvalue weighted by Gasteiger charge is -2.36. The van der Waals surface area contributed by atoms with E-state index in [-0.39, 0.29) is 6.42 Å². The molecular formula is C12H16N2O2. The maximum atomic E-state index is 11.0. The molecule has 0 aliphatic heterocycles. The van der Waals surface area contributed by atoms with Crippen LogP contribution in [0.15, 0.2) is 18.5 Å². The molecule has 0 radical (unpaired) electrons. The molecule has 1 heterocycles. The molecule has 0 amide bonds. The second-order valence-corrected chi connectivity index (χ2v) is 4.44. The Bertz CT molecular complexity index is 406. The number of nitrogens with zero attached hydrogens (tertiary/aromatic N) is 1. The molecule has 0 spiro atoms. The average molecular weight is 220 g/mol. The van der Waals surface area contributed by atoms with Crippen LogP contribution in [0.25, 0.3) is 0 Å². The van der Waals surface area contributed by atoms with Gasteiger partial charge in [-0.1, -0.05) is 0 Å². The average Bonchev–Trinajstić information content (AvgIpc) is 2.29. The number of pyridine rings is 1. The normalized spacial score (nSPS) is 23.8. The van der Waals surface area contributed by atoms with Gasteiger partial charge >= 0.3 is 5.97 Å². The van der Waals surface area contributed by atoms with Gasteiger partial charge in [-0.2, -0.15) is 0 Å². The van der Waals surface area contributed by atoms with Crippen molar-refractivity contribution in [2.75, 3.05) is 6.54 Å². The summed E-state index contributed by atoms with van der Waals surface area (Å²) in [6, 6.07) is 1.97. The Balaban J connectivity index is 2.44. The van der Waals surface area contributed by atoms with Gasteiger partial charge in [0.25, 0.3) is 0 Å². The highest BCUT2D eigenvalue weighted by Gasteiger charge is 2.37. The fourth-order valence-electron chi connectivity index (χ4n) is 2.63. The topological polar surface area (TPSA) is 76.2 Å². The maximum absolute atomic E-state index is 11.0. The third-order valence-corrected chi connectivity index (χ3v) is 3.46. The number of hydrogen-bond acceptors (Lipinski definition) is 3. The SMILES string of the molecule is NCC1(CC(=O)O)CCCc2ccncc21. The fraction of sp³-hybridized carbons (Fsp3) is 0.500. The van der Waals surface area contributed by atoms with Gasteiger partial charge < -0.3 is 10.8 Å². The number of hydrogen-bond donors (Lipinski definition) is 2. The van der Waals surface area contributed by atoms with Crippen molar-refractivity contribution in [2.24, 2.45) is 5.73 Å². The Morgan fingerprint density at radius 1 is 1.62 bits per heavy atom. The van der Waals surface area contributed by atoms with E-state index >= 15 is 0 Å². The Labute approximate surface area is 94.5 Å². The molecule has 0 fully saturated rings. The summed E-state index contributed by atoms with van der Waals surface area (Å²) < 4.78 is 0. The number of carbonyl (C=O) groups is 1. The Morgan fingerprint density at radius 3 is 3.12 bits per heavy atom. The smallest absolute Gasteiger partial charge is 0.304 e. The van der Waals surface area contributed by atoms with E-state index in [2.05, 4.69) is 4.98 Å². The molecule has 0 aromatic carbocycles. The first kappa shape index (κ1) is 11.1. The molecule has 2 rings (SSSR count). The second kappa shape index (κ2) is 4.22. The molecule has 1 aromatic heterocycles. The molecule has 1 aromatic rings. The molecule has 86 valence electrons. The largest absolute Gasteiger partial charge is 0.481 e. The van der Waals surface area contributed by atoms with E-state index in [1.54, 1.807) is 12.4 Å². The molecule has 4 nitrogen and oxygen atoms in total. The third-order valence-electron chi connectivity index (χ3n) is 3.46. The van der Waals surface area contributed by atoms with E-state index in [9.17, 15) is 4.79 Å². The summed E-state index contributed by atoms with van der Waals surface area (Å²) in [6.07, 6.45) is 6.48. The molecule has 16 heavy (non-hydrogen) atoms. The molecule has 1 aliphatic carbocycles. The van der Waals surface area contributed by atoms with E-state index < -0.39 is 11.4 Å². The minimum atomic E-state index is -0.790. The number of nitrogens with two attached hydrogens (primary N) is 1. The van der Waals surface area contributed by atoms with Crippen molar-refractivity contribution in [2.45, 2.75) is 31.1 Å². The maximum Gasteiger partial charge on any atom is 0.304 e. The molecule has 1 atom stereocenters. The van der Waals surface area contributed by atoms with Crippen molar-refractivity contribution in [3.05, 3.63) is 29.6 Å². The number of aromatic nitrogens is 1. The molecule has 3 N–H and O–H groups in total. The number of carboxylic acid groups (broad SMARTS) is 1. The Hall–Kier alpha value is -1.42. The molecule has 0 saturated heterocycles. The molecule has 1 unspecified atom stereocenters. The summed E-state index contributed by atoms with van der Waals surface area (Å²) >= 11 is 0. The zero-order valence-electron chi connectivity index (χ0n) is 9.15. The van der Waals surface area contributed by atoms with Crippen LogP contribution in [0.4, 0.5) is 0 Å². The lowest BCUT2D eigenvalue weighted by molar-refractivity contribution is -0.138. The Morgan fingerprint density at radius 2 is 2.44 bits per heavy atom. The number of aliphatic carboxylic acids is 1. The van der Waals surface area contributed by atoms with Gasteiger partial charge in [0.05, 0.1) is 6.42 Å². The van der Waals surface area contributed by atoms with Gasteiger partial charge in [0.15, 0.2) is 0 Å². The van der Waals surface area contributed by atoms with Gasteiger partial charge in [0, 0.05) is 24.4 Å². The van der Waals surface area contributed by atoms with Gasteiger partial charge in [-0.15, -0.1) is 0 Å². The van der Waals surface area contributed by atoms with Crippen LogP contribution in [0.3, 0.4) is 0 Å². The summed E-state index contributed by atoms with van der Waals surface area (Å²) in [6.45, 7) is 0.373. The van der Waals surface area contributed by atoms with Crippen molar-refractivity contribution in [1.29, 1.82) is 0 Å². The standard InChI is InChI=1S/C12H16N2O2/c13-8-12(6-11(15)16)4-1-2-9-3-5-14-7-10(9)12/h3,5,7H,1-2,4,6,8,13H2,(H,15,16). The monoisotopic (exact) mass is 220 g/mol. The lowest BCUT2D eigenvalue weighted by atomic mass is 9.69. The van der Waals surface area contributed by atoms with Crippen molar-refractivity contribution in [3.63, 3.8) is 0 Å². The molecule has 1 aliphatic rings. The molecule has 4 heteroatoms. The van der Waals surface area contributed by atoms with Crippen LogP contribution in [0, 0.1) is 0 Å². The fourth-order valence-corrected chi connectivity index (χ4v) is 2.63. The molecule has 0 bridgehead atoms.